The lowest BCUT2D eigenvalue weighted by Gasteiger charge is -2.20. The predicted octanol–water partition coefficient (Wildman–Crippen LogP) is 3.53. The molecule has 2 rings (SSSR count). The van der Waals surface area contributed by atoms with Gasteiger partial charge in [-0.25, -0.2) is 4.79 Å². The Morgan fingerprint density at radius 2 is 2.26 bits per heavy atom. The number of furan rings is 1. The first-order valence-electron chi connectivity index (χ1n) is 6.16. The van der Waals surface area contributed by atoms with Crippen LogP contribution in [0.15, 0.2) is 34.3 Å². The number of hydrogen-bond acceptors (Lipinski definition) is 4. The minimum absolute atomic E-state index is 0.201. The number of carboxylic acids is 1. The normalized spacial score (nSPS) is 12.8. The van der Waals surface area contributed by atoms with E-state index in [1.165, 1.54) is 17.2 Å². The summed E-state index contributed by atoms with van der Waals surface area (Å²) in [6.07, 6.45) is 1.41. The van der Waals surface area contributed by atoms with E-state index < -0.39 is 5.97 Å². The summed E-state index contributed by atoms with van der Waals surface area (Å²) >= 11 is 1.70. The second-order valence-corrected chi connectivity index (χ2v) is 5.66. The average molecular weight is 279 g/mol. The lowest BCUT2D eigenvalue weighted by molar-refractivity contribution is 0.0694. The number of thiophene rings is 1. The van der Waals surface area contributed by atoms with Crippen LogP contribution in [0.2, 0.25) is 0 Å². The maximum Gasteiger partial charge on any atom is 0.339 e. The third-order valence-electron chi connectivity index (χ3n) is 2.97. The van der Waals surface area contributed by atoms with E-state index in [9.17, 15) is 4.79 Å². The second-order valence-electron chi connectivity index (χ2n) is 4.68. The molecule has 0 fully saturated rings. The first-order valence-corrected chi connectivity index (χ1v) is 7.04. The van der Waals surface area contributed by atoms with Crippen LogP contribution in [0.5, 0.6) is 0 Å². The van der Waals surface area contributed by atoms with Crippen molar-refractivity contribution in [3.63, 3.8) is 0 Å². The van der Waals surface area contributed by atoms with Gasteiger partial charge in [0.1, 0.15) is 11.3 Å². The Morgan fingerprint density at radius 3 is 2.84 bits per heavy atom. The summed E-state index contributed by atoms with van der Waals surface area (Å²) in [5, 5.41) is 14.4. The summed E-state index contributed by atoms with van der Waals surface area (Å²) in [7, 11) is 0. The molecule has 0 radical (unpaired) electrons. The van der Waals surface area contributed by atoms with E-state index in [4.69, 9.17) is 9.52 Å². The van der Waals surface area contributed by atoms with Crippen LogP contribution < -0.4 is 5.32 Å². The lowest BCUT2D eigenvalue weighted by atomic mass is 10.0. The average Bonchev–Trinajstić information content (AvgIpc) is 2.98. The van der Waals surface area contributed by atoms with Gasteiger partial charge in [0, 0.05) is 10.9 Å². The van der Waals surface area contributed by atoms with E-state index in [2.05, 4.69) is 25.2 Å². The van der Waals surface area contributed by atoms with Crippen LogP contribution in [0.1, 0.15) is 40.9 Å². The number of nitrogens with one attached hydrogen (secondary N) is 1. The van der Waals surface area contributed by atoms with Crippen LogP contribution in [0, 0.1) is 5.92 Å². The fraction of sp³-hybridized carbons (Fsp3) is 0.357. The van der Waals surface area contributed by atoms with Crippen LogP contribution in [-0.2, 0) is 6.54 Å². The number of aromatic carboxylic acids is 1. The quantitative estimate of drug-likeness (QED) is 0.849. The minimum Gasteiger partial charge on any atom is -0.478 e. The van der Waals surface area contributed by atoms with Crippen molar-refractivity contribution in [2.24, 2.45) is 5.92 Å². The SMILES string of the molecule is CC(C)C(NCc1occc1C(=O)O)c1cccs1. The molecule has 0 aliphatic heterocycles. The van der Waals surface area contributed by atoms with Crippen molar-refractivity contribution in [3.8, 4) is 0 Å². The van der Waals surface area contributed by atoms with Gasteiger partial charge in [0.15, 0.2) is 0 Å². The van der Waals surface area contributed by atoms with Crippen LogP contribution in [0.3, 0.4) is 0 Å². The molecule has 0 aliphatic carbocycles. The summed E-state index contributed by atoms with van der Waals surface area (Å²) < 4.78 is 5.23. The molecule has 2 heterocycles. The molecule has 0 saturated carbocycles. The fourth-order valence-corrected chi connectivity index (χ4v) is 2.98. The van der Waals surface area contributed by atoms with Gasteiger partial charge in [0.05, 0.1) is 12.8 Å². The van der Waals surface area contributed by atoms with Gasteiger partial charge in [-0.1, -0.05) is 19.9 Å². The molecule has 19 heavy (non-hydrogen) atoms. The zero-order valence-electron chi connectivity index (χ0n) is 10.9. The van der Waals surface area contributed by atoms with Crippen molar-refractivity contribution in [2.45, 2.75) is 26.4 Å². The second kappa shape index (κ2) is 6.04. The molecule has 0 amide bonds. The van der Waals surface area contributed by atoms with Crippen molar-refractivity contribution < 1.29 is 14.3 Å². The van der Waals surface area contributed by atoms with Gasteiger partial charge in [-0.2, -0.15) is 0 Å². The van der Waals surface area contributed by atoms with Crippen LogP contribution >= 0.6 is 11.3 Å². The molecule has 2 N–H and O–H groups in total. The molecule has 0 aromatic carbocycles. The molecule has 0 spiro atoms. The highest BCUT2D eigenvalue weighted by atomic mass is 32.1. The number of hydrogen-bond donors (Lipinski definition) is 2. The van der Waals surface area contributed by atoms with Crippen molar-refractivity contribution in [3.05, 3.63) is 46.0 Å². The molecule has 0 saturated heterocycles. The maximum absolute atomic E-state index is 11.0. The summed E-state index contributed by atoms with van der Waals surface area (Å²) in [6.45, 7) is 4.69. The van der Waals surface area contributed by atoms with Crippen LogP contribution in [0.4, 0.5) is 0 Å². The van der Waals surface area contributed by atoms with Crippen molar-refractivity contribution in [2.75, 3.05) is 0 Å². The van der Waals surface area contributed by atoms with Crippen LogP contribution in [-0.4, -0.2) is 11.1 Å². The van der Waals surface area contributed by atoms with Crippen molar-refractivity contribution in [1.29, 1.82) is 0 Å². The van der Waals surface area contributed by atoms with E-state index in [1.54, 1.807) is 11.3 Å². The standard InChI is InChI=1S/C14H17NO3S/c1-9(2)13(12-4-3-7-19-12)15-8-11-10(14(16)17)5-6-18-11/h3-7,9,13,15H,8H2,1-2H3,(H,16,17). The van der Waals surface area contributed by atoms with Crippen molar-refractivity contribution in [1.82, 2.24) is 5.32 Å². The molecule has 5 heteroatoms. The third kappa shape index (κ3) is 3.24. The number of carbonyl (C=O) groups is 1. The molecule has 2 aromatic heterocycles. The van der Waals surface area contributed by atoms with Gasteiger partial charge in [0.2, 0.25) is 0 Å². The van der Waals surface area contributed by atoms with Gasteiger partial charge in [-0.05, 0) is 23.4 Å². The number of rotatable bonds is 6. The largest absolute Gasteiger partial charge is 0.478 e. The fourth-order valence-electron chi connectivity index (χ4n) is 2.00. The smallest absolute Gasteiger partial charge is 0.339 e. The molecule has 4 nitrogen and oxygen atoms in total. The van der Waals surface area contributed by atoms with Gasteiger partial charge < -0.3 is 14.8 Å². The molecule has 0 aliphatic rings. The molecule has 0 bridgehead atoms. The summed E-state index contributed by atoms with van der Waals surface area (Å²) in [4.78, 5) is 12.3. The predicted molar refractivity (Wildman–Crippen MR) is 74.4 cm³/mol. The van der Waals surface area contributed by atoms with E-state index >= 15 is 0 Å². The zero-order valence-corrected chi connectivity index (χ0v) is 11.7. The van der Waals surface area contributed by atoms with Gasteiger partial charge in [-0.3, -0.25) is 0 Å². The highest BCUT2D eigenvalue weighted by Gasteiger charge is 2.19. The Labute approximate surface area is 116 Å². The summed E-state index contributed by atoms with van der Waals surface area (Å²) in [5.74, 6) is -0.0700. The topological polar surface area (TPSA) is 62.5 Å². The monoisotopic (exact) mass is 279 g/mol. The third-order valence-corrected chi connectivity index (χ3v) is 3.93. The Bertz CT molecular complexity index is 531. The van der Waals surface area contributed by atoms with Gasteiger partial charge in [0.25, 0.3) is 0 Å². The van der Waals surface area contributed by atoms with E-state index in [1.807, 2.05) is 11.4 Å². The van der Waals surface area contributed by atoms with E-state index in [0.717, 1.165) is 0 Å². The molecule has 1 unspecified atom stereocenters. The Hall–Kier alpha value is -1.59. The Balaban J connectivity index is 2.07. The van der Waals surface area contributed by atoms with Gasteiger partial charge >= 0.3 is 5.97 Å². The zero-order chi connectivity index (χ0) is 13.8. The van der Waals surface area contributed by atoms with Crippen molar-refractivity contribution >= 4 is 17.3 Å². The highest BCUT2D eigenvalue weighted by molar-refractivity contribution is 7.10. The Kier molecular flexibility index (Phi) is 4.39. The highest BCUT2D eigenvalue weighted by Crippen LogP contribution is 2.26. The van der Waals surface area contributed by atoms with E-state index in [0.29, 0.717) is 18.2 Å². The molecular formula is C14H17NO3S. The van der Waals surface area contributed by atoms with Crippen LogP contribution in [0.25, 0.3) is 0 Å². The summed E-state index contributed by atoms with van der Waals surface area (Å²) in [6, 6.07) is 5.79. The molecular weight excluding hydrogens is 262 g/mol. The molecule has 102 valence electrons. The maximum atomic E-state index is 11.0. The summed E-state index contributed by atoms with van der Waals surface area (Å²) in [5.41, 5.74) is 0.223. The lowest BCUT2D eigenvalue weighted by Crippen LogP contribution is -2.25. The first-order chi connectivity index (χ1) is 9.09. The van der Waals surface area contributed by atoms with E-state index in [-0.39, 0.29) is 11.6 Å². The first kappa shape index (κ1) is 13.8. The van der Waals surface area contributed by atoms with Gasteiger partial charge in [-0.15, -0.1) is 11.3 Å². The molecule has 2 aromatic rings. The minimum atomic E-state index is -0.956. The Morgan fingerprint density at radius 1 is 1.47 bits per heavy atom. The number of carboxylic acid groups (broad SMARTS) is 1. The molecule has 1 atom stereocenters.